The number of allylic oxidation sites excluding steroid dienone is 4. The normalized spacial score (nSPS) is 18.7. The Morgan fingerprint density at radius 3 is 2.56 bits per heavy atom. The van der Waals surface area contributed by atoms with Crippen LogP contribution in [0.15, 0.2) is 115 Å². The first kappa shape index (κ1) is 17.5. The molecule has 5 rings (SSSR count). The van der Waals surface area contributed by atoms with Gasteiger partial charge in [-0.2, -0.15) is 6.19 Å². The Bertz CT molecular complexity index is 2580. The SMILES string of the molecule is [2H]C(=[N-])/C([2H])=C(\C([2H])=C(/C)c1[c-]c([2H])c([2H])c([2H])c1[2H])c1c([2H])nc(C([2H])([2H])C(C)(C)C)c([2H])c1[2H].[2H]C([2H])([2H])c1ccc(-c2[c-]cc(C([2H])([2H])[2H])c(-c3ccccc3)c2)nc1.[Ir+3]. The second-order valence-corrected chi connectivity index (χ2v) is 10.4. The third-order valence-electron chi connectivity index (χ3n) is 5.77. The largest absolute Gasteiger partial charge is 3.00 e. The molecule has 2 aromatic heterocycles. The Hall–Kier alpha value is -4.24. The van der Waals surface area contributed by atoms with E-state index in [-0.39, 0.29) is 42.4 Å². The van der Waals surface area contributed by atoms with Crippen LogP contribution in [0.4, 0.5) is 0 Å². The number of hydrogen-bond donors (Lipinski definition) is 0. The van der Waals surface area contributed by atoms with Crippen molar-refractivity contribution in [2.45, 2.75) is 47.8 Å². The molecule has 0 atom stereocenters. The van der Waals surface area contributed by atoms with Crippen molar-refractivity contribution in [3.63, 3.8) is 0 Å². The van der Waals surface area contributed by atoms with E-state index < -0.39 is 103 Å². The van der Waals surface area contributed by atoms with E-state index in [1.807, 2.05) is 30.3 Å². The summed E-state index contributed by atoms with van der Waals surface area (Å²) in [5, 5.41) is 9.73. The van der Waals surface area contributed by atoms with E-state index in [9.17, 15) is 5.41 Å². The van der Waals surface area contributed by atoms with Gasteiger partial charge in [0.05, 0.1) is 6.85 Å². The van der Waals surface area contributed by atoms with Crippen LogP contribution in [0.3, 0.4) is 0 Å². The van der Waals surface area contributed by atoms with Crippen molar-refractivity contribution in [1.29, 1.82) is 0 Å². The molecule has 3 aromatic carbocycles. The summed E-state index contributed by atoms with van der Waals surface area (Å²) >= 11 is 0. The molecular weight excluding hydrogens is 727 g/mol. The molecule has 0 aliphatic carbocycles. The second kappa shape index (κ2) is 16.7. The summed E-state index contributed by atoms with van der Waals surface area (Å²) in [4.78, 5) is 8.10. The minimum atomic E-state index is -2.27. The molecule has 0 fully saturated rings. The van der Waals surface area contributed by atoms with Crippen LogP contribution < -0.4 is 0 Å². The zero-order chi connectivity index (χ0) is 47.0. The van der Waals surface area contributed by atoms with Crippen LogP contribution >= 0.6 is 0 Å². The zero-order valence-corrected chi connectivity index (χ0v) is 27.3. The van der Waals surface area contributed by atoms with Gasteiger partial charge in [-0.1, -0.05) is 101 Å². The molecule has 228 valence electrons. The van der Waals surface area contributed by atoms with Gasteiger partial charge in [0.15, 0.2) is 0 Å². The summed E-state index contributed by atoms with van der Waals surface area (Å²) in [5.74, 6) is 0. The van der Waals surface area contributed by atoms with Crippen molar-refractivity contribution in [1.82, 2.24) is 9.97 Å². The average Bonchev–Trinajstić information content (AvgIpc) is 3.19. The summed E-state index contributed by atoms with van der Waals surface area (Å²) in [5.41, 5.74) is -0.309. The van der Waals surface area contributed by atoms with Gasteiger partial charge in [-0.25, -0.2) is 0 Å². The molecule has 0 N–H and O–H groups in total. The summed E-state index contributed by atoms with van der Waals surface area (Å²) < 4.78 is 143. The molecule has 0 radical (unpaired) electrons. The molecule has 5 aromatic rings. The molecule has 0 spiro atoms. The van der Waals surface area contributed by atoms with Crippen LogP contribution in [0.25, 0.3) is 38.9 Å². The average molecular weight is 785 g/mol. The van der Waals surface area contributed by atoms with E-state index in [0.717, 1.165) is 5.56 Å². The number of rotatable bonds is 7. The number of aryl methyl sites for hydroxylation is 2. The molecule has 4 heteroatoms. The van der Waals surface area contributed by atoms with Gasteiger partial charge in [0.1, 0.15) is 0 Å². The van der Waals surface area contributed by atoms with E-state index in [1.54, 1.807) is 32.9 Å². The summed E-state index contributed by atoms with van der Waals surface area (Å²) in [7, 11) is 0. The third-order valence-corrected chi connectivity index (χ3v) is 5.77. The molecule has 0 amide bonds. The minimum Gasteiger partial charge on any atom is -0.811 e. The zero-order valence-electron chi connectivity index (χ0n) is 42.9. The van der Waals surface area contributed by atoms with Gasteiger partial charge in [-0.05, 0) is 55.4 Å². The van der Waals surface area contributed by atoms with E-state index in [0.29, 0.717) is 16.8 Å². The molecule has 0 aliphatic heterocycles. The predicted octanol–water partition coefficient (Wildman–Crippen LogP) is 10.4. The fourth-order valence-corrected chi connectivity index (χ4v) is 3.77. The maximum absolute atomic E-state index is 9.73. The maximum atomic E-state index is 9.73. The first-order chi connectivity index (χ1) is 28.4. The van der Waals surface area contributed by atoms with Crippen LogP contribution in [0, 0.1) is 31.3 Å². The van der Waals surface area contributed by atoms with Gasteiger partial charge in [0.25, 0.3) is 0 Å². The number of aromatic nitrogens is 2. The van der Waals surface area contributed by atoms with Gasteiger partial charge in [-0.3, -0.25) is 4.98 Å². The van der Waals surface area contributed by atoms with E-state index in [2.05, 4.69) is 22.1 Å². The second-order valence-electron chi connectivity index (χ2n) is 10.4. The predicted molar refractivity (Wildman–Crippen MR) is 187 cm³/mol. The fourth-order valence-electron chi connectivity index (χ4n) is 3.77. The van der Waals surface area contributed by atoms with Crippen LogP contribution in [0.1, 0.15) is 80.3 Å². The summed E-state index contributed by atoms with van der Waals surface area (Å²) in [6, 6.07) is 15.6. The van der Waals surface area contributed by atoms with Gasteiger partial charge in [-0.15, -0.1) is 70.7 Å². The van der Waals surface area contributed by atoms with Gasteiger partial charge in [0, 0.05) is 33.1 Å². The van der Waals surface area contributed by atoms with Crippen LogP contribution in [-0.2, 0) is 26.5 Å². The number of nitrogens with zero attached hydrogens (tertiary/aromatic N) is 3. The number of benzene rings is 3. The van der Waals surface area contributed by atoms with Crippen molar-refractivity contribution >= 4 is 17.3 Å². The molecule has 0 saturated heterocycles. The molecular formula is C41H40IrN3. The molecule has 0 aliphatic rings. The standard InChI is InChI=1S/C22H24N2.C19H16N.Ir/c1-17(18-8-6-5-7-9-18)14-19(12-13-23)20-10-11-21(24-16-20)15-22(2,3)4;1-14-8-11-19(20-13-14)17-10-9-15(2)18(12-17)16-6-4-3-5-7-16;/h5-8,10-14,16H,15H2,1-4H3;3-9,11-13H,1-2H3;/q-2;-1;+3/b17-14+,19-12+;;/i5D,6D,7D,8D,10D,11D,12D,13D,14D,15D2,16D;1D3,2D3;. The Balaban J connectivity index is 0.000000346. The quantitative estimate of drug-likeness (QED) is 0.0938. The van der Waals surface area contributed by atoms with Crippen LogP contribution in [0.5, 0.6) is 0 Å². The molecule has 45 heavy (non-hydrogen) atoms. The fraction of sp³-hybridized carbons (Fsp3) is 0.195. The van der Waals surface area contributed by atoms with Crippen LogP contribution in [0.2, 0.25) is 0 Å². The topological polar surface area (TPSA) is 48.1 Å². The van der Waals surface area contributed by atoms with Crippen molar-refractivity contribution in [2.75, 3.05) is 0 Å². The minimum absolute atomic E-state index is 0. The van der Waals surface area contributed by atoms with Crippen molar-refractivity contribution in [2.24, 2.45) is 5.41 Å². The van der Waals surface area contributed by atoms with E-state index in [4.69, 9.17) is 24.7 Å². The molecule has 3 nitrogen and oxygen atoms in total. The monoisotopic (exact) mass is 785 g/mol. The Kier molecular flexibility index (Phi) is 6.49. The van der Waals surface area contributed by atoms with E-state index in [1.165, 1.54) is 25.3 Å². The first-order valence-electron chi connectivity index (χ1n) is 22.4. The third kappa shape index (κ3) is 10.7. The molecule has 0 saturated carbocycles. The van der Waals surface area contributed by atoms with Crippen molar-refractivity contribution in [3.05, 3.63) is 161 Å². The van der Waals surface area contributed by atoms with Gasteiger partial charge in [0.2, 0.25) is 0 Å². The Labute approximate surface area is 308 Å². The van der Waals surface area contributed by atoms with Gasteiger partial charge < -0.3 is 10.4 Å². The molecule has 2 heterocycles. The number of hydrogen-bond acceptors (Lipinski definition) is 2. The maximum Gasteiger partial charge on any atom is 3.00 e. The number of pyridine rings is 2. The summed E-state index contributed by atoms with van der Waals surface area (Å²) in [6.45, 7) is 1.47. The van der Waals surface area contributed by atoms with Crippen molar-refractivity contribution in [3.8, 4) is 22.4 Å². The molecule has 0 unspecified atom stereocenters. The smallest absolute Gasteiger partial charge is 0.811 e. The Morgan fingerprint density at radius 1 is 1.04 bits per heavy atom. The van der Waals surface area contributed by atoms with Crippen LogP contribution in [-0.4, -0.2) is 16.2 Å². The Morgan fingerprint density at radius 2 is 1.87 bits per heavy atom. The van der Waals surface area contributed by atoms with E-state index >= 15 is 0 Å². The molecule has 0 bridgehead atoms. The van der Waals surface area contributed by atoms with Crippen molar-refractivity contribution < 1.29 is 44.8 Å². The summed E-state index contributed by atoms with van der Waals surface area (Å²) in [6.07, 6.45) is -3.00. The van der Waals surface area contributed by atoms with Gasteiger partial charge >= 0.3 is 20.1 Å². The first-order valence-corrected chi connectivity index (χ1v) is 13.4.